The van der Waals surface area contributed by atoms with E-state index in [9.17, 15) is 9.59 Å². The van der Waals surface area contributed by atoms with Crippen LogP contribution < -0.4 is 15.4 Å². The molecule has 2 aromatic rings. The molecule has 6 heteroatoms. The zero-order chi connectivity index (χ0) is 16.7. The van der Waals surface area contributed by atoms with Crippen molar-refractivity contribution in [1.82, 2.24) is 0 Å². The predicted molar refractivity (Wildman–Crippen MR) is 88.0 cm³/mol. The molecule has 0 heterocycles. The molecule has 6 nitrogen and oxygen atoms in total. The molecule has 0 unspecified atom stereocenters. The maximum absolute atomic E-state index is 12.2. The quantitative estimate of drug-likeness (QED) is 0.885. The van der Waals surface area contributed by atoms with Crippen LogP contribution in [0.25, 0.3) is 0 Å². The van der Waals surface area contributed by atoms with Crippen molar-refractivity contribution >= 4 is 23.4 Å². The van der Waals surface area contributed by atoms with Crippen molar-refractivity contribution in [2.75, 3.05) is 24.4 Å². The standard InChI is InChI=1S/C17H18N2O4/c1-3-23-17(21)19-14-8-5-7-13(11-14)18-16(20)12-6-4-9-15(10-12)22-2/h4-11H,3H2,1-2H3,(H,18,20)(H,19,21). The molecule has 0 spiro atoms. The Labute approximate surface area is 134 Å². The van der Waals surface area contributed by atoms with Gasteiger partial charge in [0.05, 0.1) is 13.7 Å². The molecule has 120 valence electrons. The van der Waals surface area contributed by atoms with E-state index in [0.717, 1.165) is 0 Å². The Balaban J connectivity index is 2.07. The van der Waals surface area contributed by atoms with Crippen LogP contribution in [-0.4, -0.2) is 25.7 Å². The summed E-state index contributed by atoms with van der Waals surface area (Å²) in [7, 11) is 1.54. The van der Waals surface area contributed by atoms with E-state index >= 15 is 0 Å². The van der Waals surface area contributed by atoms with Crippen LogP contribution in [0.1, 0.15) is 17.3 Å². The highest BCUT2D eigenvalue weighted by molar-refractivity contribution is 6.04. The fraction of sp³-hybridized carbons (Fsp3) is 0.176. The Morgan fingerprint density at radius 1 is 1.00 bits per heavy atom. The molecule has 0 aliphatic rings. The molecule has 23 heavy (non-hydrogen) atoms. The molecule has 2 rings (SSSR count). The van der Waals surface area contributed by atoms with Crippen LogP contribution in [0.4, 0.5) is 16.2 Å². The number of benzene rings is 2. The molecule has 0 bridgehead atoms. The second kappa shape index (κ2) is 7.84. The van der Waals surface area contributed by atoms with Gasteiger partial charge in [0.25, 0.3) is 5.91 Å². The zero-order valence-corrected chi connectivity index (χ0v) is 13.0. The number of hydrogen-bond donors (Lipinski definition) is 2. The third-order valence-electron chi connectivity index (χ3n) is 2.97. The average molecular weight is 314 g/mol. The van der Waals surface area contributed by atoms with Crippen LogP contribution in [-0.2, 0) is 4.74 Å². The number of methoxy groups -OCH3 is 1. The number of rotatable bonds is 5. The van der Waals surface area contributed by atoms with Gasteiger partial charge in [0, 0.05) is 16.9 Å². The van der Waals surface area contributed by atoms with Crippen molar-refractivity contribution in [2.24, 2.45) is 0 Å². The fourth-order valence-electron chi connectivity index (χ4n) is 1.93. The number of hydrogen-bond acceptors (Lipinski definition) is 4. The van der Waals surface area contributed by atoms with Gasteiger partial charge in [-0.1, -0.05) is 12.1 Å². The van der Waals surface area contributed by atoms with Crippen LogP contribution in [0.3, 0.4) is 0 Å². The van der Waals surface area contributed by atoms with Crippen LogP contribution in [0.15, 0.2) is 48.5 Å². The fourth-order valence-corrected chi connectivity index (χ4v) is 1.93. The first-order valence-electron chi connectivity index (χ1n) is 7.11. The van der Waals surface area contributed by atoms with Gasteiger partial charge in [-0.15, -0.1) is 0 Å². The summed E-state index contributed by atoms with van der Waals surface area (Å²) >= 11 is 0. The number of ether oxygens (including phenoxy) is 2. The van der Waals surface area contributed by atoms with Gasteiger partial charge in [-0.3, -0.25) is 10.1 Å². The number of carbonyl (C=O) groups is 2. The third kappa shape index (κ3) is 4.74. The van der Waals surface area contributed by atoms with Crippen molar-refractivity contribution in [3.63, 3.8) is 0 Å². The summed E-state index contributed by atoms with van der Waals surface area (Å²) in [5.41, 5.74) is 1.58. The summed E-state index contributed by atoms with van der Waals surface area (Å²) in [6.07, 6.45) is -0.538. The maximum atomic E-state index is 12.2. The van der Waals surface area contributed by atoms with Crippen molar-refractivity contribution in [1.29, 1.82) is 0 Å². The topological polar surface area (TPSA) is 76.7 Å². The second-order valence-corrected chi connectivity index (χ2v) is 4.61. The summed E-state index contributed by atoms with van der Waals surface area (Å²) in [5.74, 6) is 0.340. The van der Waals surface area contributed by atoms with Crippen LogP contribution >= 0.6 is 0 Å². The van der Waals surface area contributed by atoms with E-state index < -0.39 is 6.09 Å². The Hall–Kier alpha value is -3.02. The van der Waals surface area contributed by atoms with Gasteiger partial charge in [0.1, 0.15) is 5.75 Å². The first-order valence-corrected chi connectivity index (χ1v) is 7.11. The first-order chi connectivity index (χ1) is 11.1. The van der Waals surface area contributed by atoms with Crippen molar-refractivity contribution in [3.05, 3.63) is 54.1 Å². The van der Waals surface area contributed by atoms with Gasteiger partial charge in [-0.05, 0) is 43.3 Å². The van der Waals surface area contributed by atoms with Crippen molar-refractivity contribution in [2.45, 2.75) is 6.92 Å². The Bertz CT molecular complexity index is 700. The normalized spacial score (nSPS) is 9.83. The zero-order valence-electron chi connectivity index (χ0n) is 13.0. The molecular weight excluding hydrogens is 296 g/mol. The third-order valence-corrected chi connectivity index (χ3v) is 2.97. The van der Waals surface area contributed by atoms with E-state index in [1.165, 1.54) is 0 Å². The minimum Gasteiger partial charge on any atom is -0.497 e. The largest absolute Gasteiger partial charge is 0.497 e. The molecule has 0 fully saturated rings. The van der Waals surface area contributed by atoms with E-state index in [1.807, 2.05) is 0 Å². The Kier molecular flexibility index (Phi) is 5.57. The summed E-state index contributed by atoms with van der Waals surface area (Å²) < 4.78 is 9.91. The van der Waals surface area contributed by atoms with Crippen LogP contribution in [0.2, 0.25) is 0 Å². The molecule has 0 aromatic heterocycles. The SMILES string of the molecule is CCOC(=O)Nc1cccc(NC(=O)c2cccc(OC)c2)c1. The lowest BCUT2D eigenvalue weighted by molar-refractivity contribution is 0.102. The van der Waals surface area contributed by atoms with Crippen molar-refractivity contribution < 1.29 is 19.1 Å². The predicted octanol–water partition coefficient (Wildman–Crippen LogP) is 3.52. The van der Waals surface area contributed by atoms with Gasteiger partial charge in [-0.2, -0.15) is 0 Å². The molecule has 0 aliphatic carbocycles. The van der Waals surface area contributed by atoms with Gasteiger partial charge < -0.3 is 14.8 Å². The molecule has 2 N–H and O–H groups in total. The van der Waals surface area contributed by atoms with E-state index in [-0.39, 0.29) is 12.5 Å². The Morgan fingerprint density at radius 3 is 2.39 bits per heavy atom. The molecule has 0 atom stereocenters. The number of anilines is 2. The summed E-state index contributed by atoms with van der Waals surface area (Å²) in [4.78, 5) is 23.6. The number of carbonyl (C=O) groups excluding carboxylic acids is 2. The minimum absolute atomic E-state index is 0.266. The molecule has 0 saturated heterocycles. The highest BCUT2D eigenvalue weighted by atomic mass is 16.5. The highest BCUT2D eigenvalue weighted by Gasteiger charge is 2.08. The molecule has 2 aromatic carbocycles. The minimum atomic E-state index is -0.538. The molecule has 0 aliphatic heterocycles. The summed E-state index contributed by atoms with van der Waals surface area (Å²) in [6.45, 7) is 2.02. The van der Waals surface area contributed by atoms with E-state index in [1.54, 1.807) is 62.6 Å². The van der Waals surface area contributed by atoms with Gasteiger partial charge in [-0.25, -0.2) is 4.79 Å². The Morgan fingerprint density at radius 2 is 1.70 bits per heavy atom. The van der Waals surface area contributed by atoms with Gasteiger partial charge >= 0.3 is 6.09 Å². The van der Waals surface area contributed by atoms with Crippen LogP contribution in [0.5, 0.6) is 5.75 Å². The molecule has 0 saturated carbocycles. The van der Waals surface area contributed by atoms with E-state index in [0.29, 0.717) is 22.7 Å². The maximum Gasteiger partial charge on any atom is 0.411 e. The molecule has 2 amide bonds. The van der Waals surface area contributed by atoms with Crippen molar-refractivity contribution in [3.8, 4) is 5.75 Å². The highest BCUT2D eigenvalue weighted by Crippen LogP contribution is 2.18. The van der Waals surface area contributed by atoms with Crippen LogP contribution in [0, 0.1) is 0 Å². The number of amides is 2. The molecular formula is C17H18N2O4. The second-order valence-electron chi connectivity index (χ2n) is 4.61. The lowest BCUT2D eigenvalue weighted by atomic mass is 10.2. The lowest BCUT2D eigenvalue weighted by Gasteiger charge is -2.09. The van der Waals surface area contributed by atoms with Gasteiger partial charge in [0.15, 0.2) is 0 Å². The molecule has 0 radical (unpaired) electrons. The first kappa shape index (κ1) is 16.4. The average Bonchev–Trinajstić information content (AvgIpc) is 2.55. The number of nitrogens with one attached hydrogen (secondary N) is 2. The monoisotopic (exact) mass is 314 g/mol. The summed E-state index contributed by atoms with van der Waals surface area (Å²) in [6, 6.07) is 13.7. The van der Waals surface area contributed by atoms with E-state index in [2.05, 4.69) is 10.6 Å². The summed E-state index contributed by atoms with van der Waals surface area (Å²) in [5, 5.41) is 5.35. The van der Waals surface area contributed by atoms with Gasteiger partial charge in [0.2, 0.25) is 0 Å². The lowest BCUT2D eigenvalue weighted by Crippen LogP contribution is -2.14. The smallest absolute Gasteiger partial charge is 0.411 e. The van der Waals surface area contributed by atoms with E-state index in [4.69, 9.17) is 9.47 Å².